The van der Waals surface area contributed by atoms with E-state index in [0.29, 0.717) is 12.3 Å². The van der Waals surface area contributed by atoms with Gasteiger partial charge in [0.1, 0.15) is 0 Å². The lowest BCUT2D eigenvalue weighted by Crippen LogP contribution is -2.47. The van der Waals surface area contributed by atoms with Crippen LogP contribution in [0.15, 0.2) is 12.7 Å². The van der Waals surface area contributed by atoms with Crippen molar-refractivity contribution in [3.8, 4) is 0 Å². The molecule has 0 spiro atoms. The average Bonchev–Trinajstić information content (AvgIpc) is 1.82. The molecule has 0 atom stereocenters. The summed E-state index contributed by atoms with van der Waals surface area (Å²) in [5.41, 5.74) is 0. The molecule has 1 N–H and O–H groups in total. The Labute approximate surface area is 66.3 Å². The molecule has 62 valence electrons. The fourth-order valence-electron chi connectivity index (χ4n) is 1.38. The van der Waals surface area contributed by atoms with E-state index in [1.807, 2.05) is 6.08 Å². The molecule has 0 aromatic heterocycles. The van der Waals surface area contributed by atoms with Crippen molar-refractivity contribution in [2.75, 3.05) is 19.6 Å². The van der Waals surface area contributed by atoms with Crippen molar-refractivity contribution in [3.63, 3.8) is 0 Å². The van der Waals surface area contributed by atoms with E-state index in [-0.39, 0.29) is 0 Å². The van der Waals surface area contributed by atoms with Gasteiger partial charge < -0.3 is 5.11 Å². The summed E-state index contributed by atoms with van der Waals surface area (Å²) in [4.78, 5) is 12.4. The first kappa shape index (κ1) is 8.27. The average molecular weight is 155 g/mol. The van der Waals surface area contributed by atoms with Crippen molar-refractivity contribution < 1.29 is 9.90 Å². The maximum Gasteiger partial charge on any atom is 0.303 e. The maximum atomic E-state index is 10.2. The molecular formula is C8H13NO2. The van der Waals surface area contributed by atoms with Crippen LogP contribution in [0.2, 0.25) is 0 Å². The van der Waals surface area contributed by atoms with E-state index < -0.39 is 5.97 Å². The molecule has 0 saturated carbocycles. The molecule has 11 heavy (non-hydrogen) atoms. The molecule has 0 amide bonds. The molecule has 0 unspecified atom stereocenters. The number of nitrogens with zero attached hydrogens (tertiary/aromatic N) is 1. The minimum atomic E-state index is -0.687. The third kappa shape index (κ3) is 2.35. The van der Waals surface area contributed by atoms with Gasteiger partial charge in [-0.25, -0.2) is 0 Å². The van der Waals surface area contributed by atoms with Gasteiger partial charge >= 0.3 is 5.97 Å². The normalized spacial score (nSPS) is 19.3. The summed E-state index contributed by atoms with van der Waals surface area (Å²) in [6, 6.07) is 0. The summed E-state index contributed by atoms with van der Waals surface area (Å²) >= 11 is 0. The molecule has 0 bridgehead atoms. The van der Waals surface area contributed by atoms with Crippen molar-refractivity contribution in [1.82, 2.24) is 4.90 Å². The van der Waals surface area contributed by atoms with Gasteiger partial charge in [-0.1, -0.05) is 6.08 Å². The second-order valence-electron chi connectivity index (χ2n) is 2.97. The summed E-state index contributed by atoms with van der Waals surface area (Å²) in [6.45, 7) is 6.33. The Hall–Kier alpha value is -0.830. The van der Waals surface area contributed by atoms with Gasteiger partial charge in [-0.3, -0.25) is 9.69 Å². The van der Waals surface area contributed by atoms with Crippen LogP contribution in [0, 0.1) is 5.92 Å². The Bertz CT molecular complexity index is 161. The highest BCUT2D eigenvalue weighted by atomic mass is 16.4. The number of carboxylic acid groups (broad SMARTS) is 1. The van der Waals surface area contributed by atoms with Crippen molar-refractivity contribution in [1.29, 1.82) is 0 Å². The first-order valence-electron chi connectivity index (χ1n) is 3.77. The van der Waals surface area contributed by atoms with Crippen LogP contribution in [0.4, 0.5) is 0 Å². The predicted molar refractivity (Wildman–Crippen MR) is 42.4 cm³/mol. The van der Waals surface area contributed by atoms with Crippen molar-refractivity contribution in [2.24, 2.45) is 5.92 Å². The van der Waals surface area contributed by atoms with Gasteiger partial charge in [0.15, 0.2) is 0 Å². The molecule has 1 fully saturated rings. The summed E-state index contributed by atoms with van der Waals surface area (Å²) in [6.07, 6.45) is 2.16. The van der Waals surface area contributed by atoms with Crippen molar-refractivity contribution in [3.05, 3.63) is 12.7 Å². The molecule has 3 nitrogen and oxygen atoms in total. The van der Waals surface area contributed by atoms with E-state index in [9.17, 15) is 4.79 Å². The van der Waals surface area contributed by atoms with Gasteiger partial charge in [-0.2, -0.15) is 0 Å². The molecule has 1 aliphatic rings. The fraction of sp³-hybridized carbons (Fsp3) is 0.625. The van der Waals surface area contributed by atoms with Crippen LogP contribution in [0.5, 0.6) is 0 Å². The quantitative estimate of drug-likeness (QED) is 0.604. The standard InChI is InChI=1S/C8H13NO2/c1-2-3-9-5-7(6-9)4-8(10)11/h2,7H,1,3-6H2,(H,10,11). The van der Waals surface area contributed by atoms with E-state index >= 15 is 0 Å². The molecule has 1 heterocycles. The minimum absolute atomic E-state index is 0.313. The highest BCUT2D eigenvalue weighted by Crippen LogP contribution is 2.17. The molecular weight excluding hydrogens is 142 g/mol. The monoisotopic (exact) mass is 155 g/mol. The summed E-state index contributed by atoms with van der Waals surface area (Å²) in [5, 5.41) is 8.43. The number of hydrogen-bond donors (Lipinski definition) is 1. The largest absolute Gasteiger partial charge is 0.481 e. The van der Waals surface area contributed by atoms with Crippen LogP contribution in [0.25, 0.3) is 0 Å². The Morgan fingerprint density at radius 2 is 2.36 bits per heavy atom. The molecule has 0 radical (unpaired) electrons. The Kier molecular flexibility index (Phi) is 2.65. The van der Waals surface area contributed by atoms with Gasteiger partial charge in [0.25, 0.3) is 0 Å². The van der Waals surface area contributed by atoms with E-state index in [4.69, 9.17) is 5.11 Å². The van der Waals surface area contributed by atoms with Crippen molar-refractivity contribution >= 4 is 5.97 Å². The van der Waals surface area contributed by atoms with Crippen LogP contribution < -0.4 is 0 Å². The van der Waals surface area contributed by atoms with E-state index in [1.165, 1.54) is 0 Å². The molecule has 0 aromatic rings. The van der Waals surface area contributed by atoms with Crippen LogP contribution in [0.3, 0.4) is 0 Å². The SMILES string of the molecule is C=CCN1CC(CC(=O)O)C1. The minimum Gasteiger partial charge on any atom is -0.481 e. The summed E-state index contributed by atoms with van der Waals surface area (Å²) in [5.74, 6) is -0.319. The molecule has 0 aromatic carbocycles. The molecule has 3 heteroatoms. The van der Waals surface area contributed by atoms with Crippen LogP contribution >= 0.6 is 0 Å². The molecule has 1 rings (SSSR count). The Balaban J connectivity index is 2.09. The number of aliphatic carboxylic acids is 1. The fourth-order valence-corrected chi connectivity index (χ4v) is 1.38. The number of likely N-dealkylation sites (tertiary alicyclic amines) is 1. The number of carboxylic acids is 1. The summed E-state index contributed by atoms with van der Waals surface area (Å²) in [7, 11) is 0. The highest BCUT2D eigenvalue weighted by molar-refractivity contribution is 5.67. The topological polar surface area (TPSA) is 40.5 Å². The van der Waals surface area contributed by atoms with E-state index in [2.05, 4.69) is 11.5 Å². The zero-order chi connectivity index (χ0) is 8.27. The lowest BCUT2D eigenvalue weighted by atomic mass is 9.97. The highest BCUT2D eigenvalue weighted by Gasteiger charge is 2.26. The zero-order valence-electron chi connectivity index (χ0n) is 6.49. The Morgan fingerprint density at radius 3 is 2.82 bits per heavy atom. The maximum absolute atomic E-state index is 10.2. The van der Waals surface area contributed by atoms with E-state index in [1.54, 1.807) is 0 Å². The van der Waals surface area contributed by atoms with Gasteiger partial charge in [0.05, 0.1) is 6.42 Å². The predicted octanol–water partition coefficient (Wildman–Crippen LogP) is 0.579. The van der Waals surface area contributed by atoms with Gasteiger partial charge in [-0.05, 0) is 5.92 Å². The van der Waals surface area contributed by atoms with Crippen molar-refractivity contribution in [2.45, 2.75) is 6.42 Å². The number of carbonyl (C=O) groups is 1. The lowest BCUT2D eigenvalue weighted by molar-refractivity contribution is -0.139. The van der Waals surface area contributed by atoms with Crippen LogP contribution in [-0.2, 0) is 4.79 Å². The summed E-state index contributed by atoms with van der Waals surface area (Å²) < 4.78 is 0. The first-order chi connectivity index (χ1) is 5.22. The third-order valence-electron chi connectivity index (χ3n) is 1.88. The lowest BCUT2D eigenvalue weighted by Gasteiger charge is -2.37. The Morgan fingerprint density at radius 1 is 1.73 bits per heavy atom. The smallest absolute Gasteiger partial charge is 0.303 e. The molecule has 1 saturated heterocycles. The molecule has 1 aliphatic heterocycles. The zero-order valence-corrected chi connectivity index (χ0v) is 6.49. The molecule has 0 aliphatic carbocycles. The van der Waals surface area contributed by atoms with Gasteiger partial charge in [-0.15, -0.1) is 6.58 Å². The number of rotatable bonds is 4. The number of hydrogen-bond acceptors (Lipinski definition) is 2. The van der Waals surface area contributed by atoms with E-state index in [0.717, 1.165) is 19.6 Å². The van der Waals surface area contributed by atoms with Gasteiger partial charge in [0, 0.05) is 19.6 Å². The van der Waals surface area contributed by atoms with Gasteiger partial charge in [0.2, 0.25) is 0 Å². The van der Waals surface area contributed by atoms with Crippen LogP contribution in [0.1, 0.15) is 6.42 Å². The van der Waals surface area contributed by atoms with Crippen LogP contribution in [-0.4, -0.2) is 35.6 Å². The first-order valence-corrected chi connectivity index (χ1v) is 3.77. The second kappa shape index (κ2) is 3.53. The third-order valence-corrected chi connectivity index (χ3v) is 1.88. The second-order valence-corrected chi connectivity index (χ2v) is 2.97.